The molecule has 19 heavy (non-hydrogen) atoms. The molecule has 0 unspecified atom stereocenters. The lowest BCUT2D eigenvalue weighted by Gasteiger charge is -2.35. The fourth-order valence-corrected chi connectivity index (χ4v) is 3.03. The molecule has 0 amide bonds. The average molecular weight is 282 g/mol. The number of piperazine rings is 1. The van der Waals surface area contributed by atoms with Gasteiger partial charge in [-0.05, 0) is 24.1 Å². The number of anilines is 1. The fourth-order valence-electron chi connectivity index (χ4n) is 2.73. The molecule has 0 saturated carbocycles. The quantitative estimate of drug-likeness (QED) is 0.916. The first-order chi connectivity index (χ1) is 9.13. The maximum atomic E-state index is 6.50. The highest BCUT2D eigenvalue weighted by Gasteiger charge is 2.22. The zero-order valence-electron chi connectivity index (χ0n) is 12.1. The molecule has 1 aromatic rings. The lowest BCUT2D eigenvalue weighted by Crippen LogP contribution is -2.45. The van der Waals surface area contributed by atoms with Crippen LogP contribution < -0.4 is 10.2 Å². The van der Waals surface area contributed by atoms with Gasteiger partial charge in [-0.2, -0.15) is 0 Å². The van der Waals surface area contributed by atoms with Gasteiger partial charge in [-0.15, -0.1) is 0 Å². The maximum Gasteiger partial charge on any atom is 0.0474 e. The average Bonchev–Trinajstić information content (AvgIpc) is 2.42. The van der Waals surface area contributed by atoms with Crippen molar-refractivity contribution in [1.82, 2.24) is 10.2 Å². The molecular formula is C15H24ClN3. The molecule has 0 spiro atoms. The van der Waals surface area contributed by atoms with Crippen molar-refractivity contribution >= 4 is 17.3 Å². The van der Waals surface area contributed by atoms with E-state index in [2.05, 4.69) is 40.2 Å². The fraction of sp³-hybridized carbons (Fsp3) is 0.600. The standard InChI is InChI=1S/C15H24ClN3/c1-4-15(19-9-7-17-8-10-19)13-6-5-12(18(2)3)11-14(13)16/h5-6,11,15,17H,4,7-10H2,1-3H3/t15-/m0/s1. The van der Waals surface area contributed by atoms with E-state index in [1.165, 1.54) is 5.56 Å². The Labute approximate surface area is 121 Å². The summed E-state index contributed by atoms with van der Waals surface area (Å²) in [6.07, 6.45) is 1.10. The monoisotopic (exact) mass is 281 g/mol. The Hall–Kier alpha value is -0.770. The summed E-state index contributed by atoms with van der Waals surface area (Å²) in [5.41, 5.74) is 2.42. The molecule has 0 radical (unpaired) electrons. The van der Waals surface area contributed by atoms with Gasteiger partial charge in [0.25, 0.3) is 0 Å². The lowest BCUT2D eigenvalue weighted by atomic mass is 10.0. The molecule has 2 rings (SSSR count). The van der Waals surface area contributed by atoms with Crippen molar-refractivity contribution in [1.29, 1.82) is 0 Å². The van der Waals surface area contributed by atoms with E-state index < -0.39 is 0 Å². The summed E-state index contributed by atoms with van der Waals surface area (Å²) in [5.74, 6) is 0. The van der Waals surface area contributed by atoms with Crippen molar-refractivity contribution in [2.45, 2.75) is 19.4 Å². The molecule has 1 heterocycles. The molecule has 0 aromatic heterocycles. The van der Waals surface area contributed by atoms with Crippen molar-refractivity contribution in [3.63, 3.8) is 0 Å². The molecule has 0 bridgehead atoms. The van der Waals surface area contributed by atoms with Crippen LogP contribution in [0.15, 0.2) is 18.2 Å². The van der Waals surface area contributed by atoms with Gasteiger partial charge in [-0.25, -0.2) is 0 Å². The minimum Gasteiger partial charge on any atom is -0.378 e. The van der Waals surface area contributed by atoms with E-state index >= 15 is 0 Å². The van der Waals surface area contributed by atoms with Gasteiger partial charge in [0.15, 0.2) is 0 Å². The highest BCUT2D eigenvalue weighted by molar-refractivity contribution is 6.31. The van der Waals surface area contributed by atoms with Gasteiger partial charge in [0.2, 0.25) is 0 Å². The van der Waals surface area contributed by atoms with Gasteiger partial charge in [0.05, 0.1) is 0 Å². The molecule has 1 aliphatic rings. The van der Waals surface area contributed by atoms with Crippen LogP contribution in [-0.2, 0) is 0 Å². The number of hydrogen-bond donors (Lipinski definition) is 1. The molecule has 1 aliphatic heterocycles. The molecule has 4 heteroatoms. The second kappa shape index (κ2) is 6.60. The molecule has 0 aliphatic carbocycles. The molecule has 1 N–H and O–H groups in total. The van der Waals surface area contributed by atoms with E-state index in [9.17, 15) is 0 Å². The third-order valence-corrected chi connectivity index (χ3v) is 4.17. The van der Waals surface area contributed by atoms with Gasteiger partial charge < -0.3 is 10.2 Å². The molecule has 1 fully saturated rings. The Balaban J connectivity index is 2.22. The second-order valence-electron chi connectivity index (χ2n) is 5.31. The summed E-state index contributed by atoms with van der Waals surface area (Å²) in [5, 5.41) is 4.29. The molecule has 1 atom stereocenters. The van der Waals surface area contributed by atoms with E-state index in [-0.39, 0.29) is 0 Å². The first-order valence-corrected chi connectivity index (χ1v) is 7.42. The first kappa shape index (κ1) is 14.6. The Kier molecular flexibility index (Phi) is 5.08. The predicted octanol–water partition coefficient (Wildman–Crippen LogP) is 2.76. The zero-order chi connectivity index (χ0) is 13.8. The molecule has 1 aromatic carbocycles. The number of halogens is 1. The van der Waals surface area contributed by atoms with Crippen LogP contribution in [0.2, 0.25) is 5.02 Å². The normalized spacial score (nSPS) is 18.3. The Bertz CT molecular complexity index is 414. The van der Waals surface area contributed by atoms with Crippen molar-refractivity contribution < 1.29 is 0 Å². The summed E-state index contributed by atoms with van der Waals surface area (Å²) >= 11 is 6.50. The van der Waals surface area contributed by atoms with Crippen LogP contribution in [-0.4, -0.2) is 45.2 Å². The highest BCUT2D eigenvalue weighted by atomic mass is 35.5. The van der Waals surface area contributed by atoms with Crippen molar-refractivity contribution in [3.8, 4) is 0 Å². The van der Waals surface area contributed by atoms with Gasteiger partial charge in [-0.1, -0.05) is 24.6 Å². The maximum absolute atomic E-state index is 6.50. The van der Waals surface area contributed by atoms with Crippen LogP contribution in [0.4, 0.5) is 5.69 Å². The molecule has 3 nitrogen and oxygen atoms in total. The number of nitrogens with zero attached hydrogens (tertiary/aromatic N) is 2. The largest absolute Gasteiger partial charge is 0.378 e. The summed E-state index contributed by atoms with van der Waals surface area (Å²) in [7, 11) is 4.08. The van der Waals surface area contributed by atoms with E-state index in [0.717, 1.165) is 43.3 Å². The van der Waals surface area contributed by atoms with Gasteiger partial charge >= 0.3 is 0 Å². The minimum absolute atomic E-state index is 0.436. The molecule has 106 valence electrons. The summed E-state index contributed by atoms with van der Waals surface area (Å²) in [6.45, 7) is 6.59. The minimum atomic E-state index is 0.436. The van der Waals surface area contributed by atoms with Crippen LogP contribution >= 0.6 is 11.6 Å². The topological polar surface area (TPSA) is 18.5 Å². The first-order valence-electron chi connectivity index (χ1n) is 7.05. The number of hydrogen-bond acceptors (Lipinski definition) is 3. The van der Waals surface area contributed by atoms with Gasteiger partial charge in [0.1, 0.15) is 0 Å². The van der Waals surface area contributed by atoms with Crippen LogP contribution in [0.5, 0.6) is 0 Å². The summed E-state index contributed by atoms with van der Waals surface area (Å²) in [4.78, 5) is 4.62. The predicted molar refractivity (Wildman–Crippen MR) is 83.3 cm³/mol. The molecular weight excluding hydrogens is 258 g/mol. The smallest absolute Gasteiger partial charge is 0.0474 e. The van der Waals surface area contributed by atoms with Crippen LogP contribution in [0.25, 0.3) is 0 Å². The van der Waals surface area contributed by atoms with E-state index in [1.54, 1.807) is 0 Å². The lowest BCUT2D eigenvalue weighted by molar-refractivity contribution is 0.169. The van der Waals surface area contributed by atoms with Crippen molar-refractivity contribution in [3.05, 3.63) is 28.8 Å². The van der Waals surface area contributed by atoms with Crippen LogP contribution in [0, 0.1) is 0 Å². The highest BCUT2D eigenvalue weighted by Crippen LogP contribution is 2.32. The van der Waals surface area contributed by atoms with Crippen LogP contribution in [0.3, 0.4) is 0 Å². The Morgan fingerprint density at radius 3 is 2.53 bits per heavy atom. The zero-order valence-corrected chi connectivity index (χ0v) is 12.9. The summed E-state index contributed by atoms with van der Waals surface area (Å²) < 4.78 is 0. The van der Waals surface area contributed by atoms with Gasteiger partial charge in [0, 0.05) is 57.0 Å². The number of nitrogens with one attached hydrogen (secondary N) is 1. The van der Waals surface area contributed by atoms with Crippen LogP contribution in [0.1, 0.15) is 24.9 Å². The van der Waals surface area contributed by atoms with E-state index in [0.29, 0.717) is 6.04 Å². The Morgan fingerprint density at radius 2 is 2.00 bits per heavy atom. The number of rotatable bonds is 4. The third-order valence-electron chi connectivity index (χ3n) is 3.84. The Morgan fingerprint density at radius 1 is 1.32 bits per heavy atom. The second-order valence-corrected chi connectivity index (χ2v) is 5.72. The van der Waals surface area contributed by atoms with Gasteiger partial charge in [-0.3, -0.25) is 4.90 Å². The summed E-state index contributed by atoms with van der Waals surface area (Å²) in [6, 6.07) is 6.85. The van der Waals surface area contributed by atoms with E-state index in [1.807, 2.05) is 14.1 Å². The van der Waals surface area contributed by atoms with Crippen molar-refractivity contribution in [2.75, 3.05) is 45.2 Å². The number of benzene rings is 1. The third kappa shape index (κ3) is 3.41. The molecule has 1 saturated heterocycles. The van der Waals surface area contributed by atoms with Crippen molar-refractivity contribution in [2.24, 2.45) is 0 Å². The van der Waals surface area contributed by atoms with E-state index in [4.69, 9.17) is 11.6 Å². The SMILES string of the molecule is CC[C@@H](c1ccc(N(C)C)cc1Cl)N1CCNCC1.